The highest BCUT2D eigenvalue weighted by Gasteiger charge is 2.40. The monoisotopic (exact) mass is 253 g/mol. The Bertz CT molecular complexity index is 293. The Morgan fingerprint density at radius 3 is 2.06 bits per heavy atom. The molecule has 0 radical (unpaired) electrons. The van der Waals surface area contributed by atoms with Gasteiger partial charge in [0.15, 0.2) is 0 Å². The third kappa shape index (κ3) is 3.24. The van der Waals surface area contributed by atoms with Gasteiger partial charge < -0.3 is 10.0 Å². The zero-order valence-corrected chi connectivity index (χ0v) is 10.9. The summed E-state index contributed by atoms with van der Waals surface area (Å²) in [5.41, 5.74) is 0. The molecule has 102 valence electrons. The first kappa shape index (κ1) is 13.4. The van der Waals surface area contributed by atoms with E-state index in [1.165, 1.54) is 19.3 Å². The van der Waals surface area contributed by atoms with Crippen molar-refractivity contribution in [1.82, 2.24) is 4.90 Å². The lowest BCUT2D eigenvalue weighted by atomic mass is 9.85. The smallest absolute Gasteiger partial charge is 0.326 e. The van der Waals surface area contributed by atoms with Gasteiger partial charge in [-0.25, -0.2) is 4.79 Å². The van der Waals surface area contributed by atoms with E-state index in [4.69, 9.17) is 0 Å². The van der Waals surface area contributed by atoms with Crippen LogP contribution in [0.25, 0.3) is 0 Å². The molecule has 0 aromatic carbocycles. The Kier molecular flexibility index (Phi) is 4.61. The van der Waals surface area contributed by atoms with Crippen molar-refractivity contribution >= 4 is 12.4 Å². The Morgan fingerprint density at radius 1 is 1.06 bits per heavy atom. The van der Waals surface area contributed by atoms with E-state index in [-0.39, 0.29) is 12.0 Å². The van der Waals surface area contributed by atoms with Crippen LogP contribution in [0.5, 0.6) is 0 Å². The van der Waals surface area contributed by atoms with Crippen LogP contribution in [0.2, 0.25) is 0 Å². The lowest BCUT2D eigenvalue weighted by Gasteiger charge is -2.32. The van der Waals surface area contributed by atoms with Crippen LogP contribution in [0.4, 0.5) is 0 Å². The van der Waals surface area contributed by atoms with E-state index < -0.39 is 12.0 Å². The average Bonchev–Trinajstić information content (AvgIpc) is 3.10. The number of carboxylic acids is 1. The van der Waals surface area contributed by atoms with Gasteiger partial charge in [0.2, 0.25) is 6.41 Å². The van der Waals surface area contributed by atoms with E-state index >= 15 is 0 Å². The predicted octanol–water partition coefficient (Wildman–Crippen LogP) is 2.42. The molecule has 18 heavy (non-hydrogen) atoms. The van der Waals surface area contributed by atoms with E-state index in [9.17, 15) is 14.7 Å². The largest absolute Gasteiger partial charge is 0.480 e. The molecule has 4 heteroatoms. The molecule has 2 saturated carbocycles. The lowest BCUT2D eigenvalue weighted by Crippen LogP contribution is -2.47. The van der Waals surface area contributed by atoms with Crippen molar-refractivity contribution in [3.63, 3.8) is 0 Å². The minimum atomic E-state index is -0.820. The first-order valence-corrected chi connectivity index (χ1v) is 7.19. The summed E-state index contributed by atoms with van der Waals surface area (Å²) < 4.78 is 0. The van der Waals surface area contributed by atoms with Crippen molar-refractivity contribution < 1.29 is 14.7 Å². The third-order valence-corrected chi connectivity index (χ3v) is 4.26. The van der Waals surface area contributed by atoms with Crippen LogP contribution < -0.4 is 0 Å². The second-order valence-corrected chi connectivity index (χ2v) is 5.67. The zero-order chi connectivity index (χ0) is 13.0. The molecule has 4 nitrogen and oxygen atoms in total. The average molecular weight is 253 g/mol. The standard InChI is InChI=1S/C14H23NO3/c16-10-15(12-8-9-12)13(14(17)18)11-6-4-2-1-3-5-7-11/h10-13H,1-9H2,(H,17,18). The summed E-state index contributed by atoms with van der Waals surface area (Å²) in [5.74, 6) is -0.673. The maximum atomic E-state index is 11.5. The van der Waals surface area contributed by atoms with Crippen molar-refractivity contribution in [3.05, 3.63) is 0 Å². The number of hydrogen-bond donors (Lipinski definition) is 1. The van der Waals surface area contributed by atoms with Gasteiger partial charge in [0.05, 0.1) is 0 Å². The van der Waals surface area contributed by atoms with Gasteiger partial charge in [-0.1, -0.05) is 32.1 Å². The van der Waals surface area contributed by atoms with Crippen molar-refractivity contribution in [1.29, 1.82) is 0 Å². The Balaban J connectivity index is 2.06. The number of carbonyl (C=O) groups excluding carboxylic acids is 1. The topological polar surface area (TPSA) is 57.6 Å². The highest BCUT2D eigenvalue weighted by Crippen LogP contribution is 2.33. The van der Waals surface area contributed by atoms with Gasteiger partial charge in [-0.2, -0.15) is 0 Å². The van der Waals surface area contributed by atoms with Gasteiger partial charge in [0, 0.05) is 6.04 Å². The number of carboxylic acid groups (broad SMARTS) is 1. The number of carbonyl (C=O) groups is 2. The molecule has 0 saturated heterocycles. The number of amides is 1. The lowest BCUT2D eigenvalue weighted by molar-refractivity contribution is -0.149. The quantitative estimate of drug-likeness (QED) is 0.765. The molecule has 2 rings (SSSR count). The number of aliphatic carboxylic acids is 1. The van der Waals surface area contributed by atoms with Gasteiger partial charge in [-0.3, -0.25) is 4.79 Å². The molecule has 0 bridgehead atoms. The third-order valence-electron chi connectivity index (χ3n) is 4.26. The summed E-state index contributed by atoms with van der Waals surface area (Å²) in [4.78, 5) is 24.3. The summed E-state index contributed by atoms with van der Waals surface area (Å²) in [6, 6.07) is -0.401. The molecule has 0 aromatic rings. The molecule has 2 fully saturated rings. The summed E-state index contributed by atoms with van der Waals surface area (Å²) in [5, 5.41) is 9.47. The maximum Gasteiger partial charge on any atom is 0.326 e. The summed E-state index contributed by atoms with van der Waals surface area (Å²) in [7, 11) is 0. The summed E-state index contributed by atoms with van der Waals surface area (Å²) in [6.45, 7) is 0. The molecule has 1 unspecified atom stereocenters. The molecule has 2 aliphatic rings. The van der Waals surface area contributed by atoms with Crippen LogP contribution in [-0.2, 0) is 9.59 Å². The van der Waals surface area contributed by atoms with Crippen LogP contribution in [0, 0.1) is 5.92 Å². The number of rotatable bonds is 5. The van der Waals surface area contributed by atoms with Gasteiger partial charge in [-0.05, 0) is 31.6 Å². The van der Waals surface area contributed by atoms with E-state index in [0.29, 0.717) is 0 Å². The molecular weight excluding hydrogens is 230 g/mol. The number of hydrogen-bond acceptors (Lipinski definition) is 2. The molecule has 0 aliphatic heterocycles. The van der Waals surface area contributed by atoms with Gasteiger partial charge in [-0.15, -0.1) is 0 Å². The van der Waals surface area contributed by atoms with Crippen molar-refractivity contribution in [2.24, 2.45) is 5.92 Å². The minimum Gasteiger partial charge on any atom is -0.480 e. The summed E-state index contributed by atoms with van der Waals surface area (Å²) in [6.07, 6.45) is 10.5. The van der Waals surface area contributed by atoms with Crippen LogP contribution in [0.15, 0.2) is 0 Å². The predicted molar refractivity (Wildman–Crippen MR) is 68.2 cm³/mol. The molecule has 1 atom stereocenters. The van der Waals surface area contributed by atoms with Crippen molar-refractivity contribution in [2.75, 3.05) is 0 Å². The van der Waals surface area contributed by atoms with Crippen LogP contribution in [0.1, 0.15) is 57.8 Å². The Hall–Kier alpha value is -1.06. The summed E-state index contributed by atoms with van der Waals surface area (Å²) >= 11 is 0. The molecule has 0 aromatic heterocycles. The normalized spacial score (nSPS) is 23.8. The molecule has 1 N–H and O–H groups in total. The van der Waals surface area contributed by atoms with E-state index in [1.807, 2.05) is 0 Å². The first-order valence-electron chi connectivity index (χ1n) is 7.19. The van der Waals surface area contributed by atoms with Gasteiger partial charge >= 0.3 is 5.97 Å². The Labute approximate surface area is 108 Å². The van der Waals surface area contributed by atoms with Crippen molar-refractivity contribution in [2.45, 2.75) is 69.9 Å². The van der Waals surface area contributed by atoms with Crippen LogP contribution >= 0.6 is 0 Å². The second kappa shape index (κ2) is 6.21. The van der Waals surface area contributed by atoms with Gasteiger partial charge in [0.1, 0.15) is 6.04 Å². The number of nitrogens with zero attached hydrogens (tertiary/aromatic N) is 1. The minimum absolute atomic E-state index is 0.147. The SMILES string of the molecule is O=CN(C1CC1)C(C(=O)O)C1CCCCCCC1. The fourth-order valence-electron chi connectivity index (χ4n) is 3.13. The molecular formula is C14H23NO3. The Morgan fingerprint density at radius 2 is 1.61 bits per heavy atom. The maximum absolute atomic E-state index is 11.5. The molecule has 0 heterocycles. The van der Waals surface area contributed by atoms with E-state index in [0.717, 1.165) is 44.9 Å². The first-order chi connectivity index (χ1) is 8.74. The highest BCUT2D eigenvalue weighted by atomic mass is 16.4. The van der Waals surface area contributed by atoms with Crippen LogP contribution in [0.3, 0.4) is 0 Å². The highest BCUT2D eigenvalue weighted by molar-refractivity contribution is 5.77. The molecule has 1 amide bonds. The molecule has 2 aliphatic carbocycles. The van der Waals surface area contributed by atoms with Crippen LogP contribution in [-0.4, -0.2) is 34.5 Å². The fourth-order valence-corrected chi connectivity index (χ4v) is 3.13. The van der Waals surface area contributed by atoms with E-state index in [2.05, 4.69) is 0 Å². The molecule has 0 spiro atoms. The second-order valence-electron chi connectivity index (χ2n) is 5.67. The zero-order valence-electron chi connectivity index (χ0n) is 10.9. The van der Waals surface area contributed by atoms with Crippen molar-refractivity contribution in [3.8, 4) is 0 Å². The fraction of sp³-hybridized carbons (Fsp3) is 0.857. The van der Waals surface area contributed by atoms with Gasteiger partial charge in [0.25, 0.3) is 0 Å². The van der Waals surface area contributed by atoms with E-state index in [1.54, 1.807) is 4.90 Å².